The molecule has 0 aromatic heterocycles. The Morgan fingerprint density at radius 2 is 0.836 bits per heavy atom. The summed E-state index contributed by atoms with van der Waals surface area (Å²) in [5, 5.41) is 0. The molecule has 330 valence electrons. The molecule has 2 atom stereocenters. The van der Waals surface area contributed by atoms with Gasteiger partial charge in [0.15, 0.2) is 0 Å². The lowest BCUT2D eigenvalue weighted by Gasteiger charge is -2.24. The fourth-order valence-electron chi connectivity index (χ4n) is 6.97. The molecule has 0 bridgehead atoms. The number of quaternary nitrogens is 1. The second kappa shape index (κ2) is 40.3. The minimum atomic E-state index is -4.27. The molecule has 0 radical (unpaired) electrons. The van der Waals surface area contributed by atoms with Crippen molar-refractivity contribution in [1.82, 2.24) is 0 Å². The Labute approximate surface area is 342 Å². The van der Waals surface area contributed by atoms with E-state index in [4.69, 9.17) is 18.5 Å². The summed E-state index contributed by atoms with van der Waals surface area (Å²) < 4.78 is 35.0. The molecule has 0 fully saturated rings. The van der Waals surface area contributed by atoms with Gasteiger partial charge >= 0.3 is 13.8 Å². The molecule has 0 heterocycles. The summed E-state index contributed by atoms with van der Waals surface area (Å²) in [5.74, 6) is -0.306. The van der Waals surface area contributed by atoms with Gasteiger partial charge in [0.25, 0.3) is 0 Å². The molecule has 0 saturated carbocycles. The van der Waals surface area contributed by atoms with Crippen molar-refractivity contribution in [2.24, 2.45) is 0 Å². The zero-order valence-electron chi connectivity index (χ0n) is 37.4. The standard InChI is InChI=1S/C46H94NO7P/c1-6-8-10-12-14-16-18-20-21-22-23-24-25-26-27-28-29-31-33-35-37-39-46(48)54-45(44-53-55(49,50)52-42-40-47(3,4)5)43-51-41-38-36-34-32-30-19-17-15-13-11-9-7-2/h45H,6-44H2,1-5H3/p+1/t45-/m1/s1. The van der Waals surface area contributed by atoms with Gasteiger partial charge in [-0.1, -0.05) is 213 Å². The van der Waals surface area contributed by atoms with Crippen LogP contribution in [0.1, 0.15) is 232 Å². The van der Waals surface area contributed by atoms with Crippen molar-refractivity contribution in [3.05, 3.63) is 0 Å². The van der Waals surface area contributed by atoms with E-state index in [-0.39, 0.29) is 25.8 Å². The normalized spacial score (nSPS) is 13.6. The molecule has 1 N–H and O–H groups in total. The van der Waals surface area contributed by atoms with Crippen molar-refractivity contribution in [3.8, 4) is 0 Å². The van der Waals surface area contributed by atoms with Crippen molar-refractivity contribution >= 4 is 13.8 Å². The second-order valence-electron chi connectivity index (χ2n) is 17.5. The van der Waals surface area contributed by atoms with E-state index in [0.717, 1.165) is 32.1 Å². The Morgan fingerprint density at radius 1 is 0.491 bits per heavy atom. The summed E-state index contributed by atoms with van der Waals surface area (Å²) >= 11 is 0. The fourth-order valence-corrected chi connectivity index (χ4v) is 7.71. The van der Waals surface area contributed by atoms with Gasteiger partial charge in [-0.05, 0) is 12.8 Å². The van der Waals surface area contributed by atoms with Crippen molar-refractivity contribution in [2.45, 2.75) is 238 Å². The monoisotopic (exact) mass is 805 g/mol. The van der Waals surface area contributed by atoms with Gasteiger partial charge in [0.2, 0.25) is 0 Å². The predicted octanol–water partition coefficient (Wildman–Crippen LogP) is 14.1. The third-order valence-electron chi connectivity index (χ3n) is 10.7. The number of carbonyl (C=O) groups is 1. The summed E-state index contributed by atoms with van der Waals surface area (Å²) in [6.07, 6.45) is 42.8. The lowest BCUT2D eigenvalue weighted by molar-refractivity contribution is -0.870. The Hall–Kier alpha value is -0.500. The first-order valence-electron chi connectivity index (χ1n) is 23.8. The molecule has 0 aliphatic carbocycles. The maximum absolute atomic E-state index is 12.7. The quantitative estimate of drug-likeness (QED) is 0.0284. The van der Waals surface area contributed by atoms with Crippen LogP contribution in [0.25, 0.3) is 0 Å². The van der Waals surface area contributed by atoms with E-state index >= 15 is 0 Å². The van der Waals surface area contributed by atoms with Crippen molar-refractivity contribution in [2.75, 3.05) is 54.1 Å². The van der Waals surface area contributed by atoms with Crippen LogP contribution in [-0.2, 0) is 27.9 Å². The minimum absolute atomic E-state index is 0.0939. The number of phosphoric acid groups is 1. The van der Waals surface area contributed by atoms with Gasteiger partial charge in [-0.25, -0.2) is 4.57 Å². The fraction of sp³-hybridized carbons (Fsp3) is 0.978. The first kappa shape index (κ1) is 54.5. The van der Waals surface area contributed by atoms with Gasteiger partial charge < -0.3 is 18.9 Å². The SMILES string of the molecule is CCCCCCCCCCCCCCCCCCCCCCCC(=O)O[C@H](COCCCCCCCCCCCCCC)COP(=O)(O)OCC[N+](C)(C)C. The van der Waals surface area contributed by atoms with Crippen LogP contribution in [0.3, 0.4) is 0 Å². The molecule has 0 aliphatic rings. The van der Waals surface area contributed by atoms with E-state index < -0.39 is 13.9 Å². The van der Waals surface area contributed by atoms with Crippen LogP contribution < -0.4 is 0 Å². The number of phosphoric ester groups is 1. The van der Waals surface area contributed by atoms with E-state index in [1.807, 2.05) is 21.1 Å². The van der Waals surface area contributed by atoms with Crippen LogP contribution in [0.4, 0.5) is 0 Å². The van der Waals surface area contributed by atoms with Crippen LogP contribution in [-0.4, -0.2) is 75.6 Å². The third kappa shape index (κ3) is 44.4. The van der Waals surface area contributed by atoms with Gasteiger partial charge in [-0.15, -0.1) is 0 Å². The molecule has 9 heteroatoms. The lowest BCUT2D eigenvalue weighted by Crippen LogP contribution is -2.37. The number of hydrogen-bond donors (Lipinski definition) is 1. The molecule has 0 aromatic rings. The highest BCUT2D eigenvalue weighted by atomic mass is 31.2. The smallest absolute Gasteiger partial charge is 0.457 e. The zero-order valence-corrected chi connectivity index (χ0v) is 38.3. The van der Waals surface area contributed by atoms with Gasteiger partial charge in [-0.2, -0.15) is 0 Å². The van der Waals surface area contributed by atoms with Gasteiger partial charge in [0, 0.05) is 13.0 Å². The lowest BCUT2D eigenvalue weighted by atomic mass is 10.0. The molecule has 0 spiro atoms. The van der Waals surface area contributed by atoms with Gasteiger partial charge in [-0.3, -0.25) is 13.8 Å². The molecule has 8 nitrogen and oxygen atoms in total. The number of rotatable bonds is 45. The Morgan fingerprint density at radius 3 is 1.20 bits per heavy atom. The van der Waals surface area contributed by atoms with Crippen molar-refractivity contribution in [1.29, 1.82) is 0 Å². The maximum atomic E-state index is 12.7. The molecule has 0 rings (SSSR count). The summed E-state index contributed by atoms with van der Waals surface area (Å²) in [5.41, 5.74) is 0. The van der Waals surface area contributed by atoms with E-state index in [2.05, 4.69) is 13.8 Å². The number of ether oxygens (including phenoxy) is 2. The van der Waals surface area contributed by atoms with E-state index in [1.54, 1.807) is 0 Å². The number of likely N-dealkylation sites (N-methyl/N-ethyl adjacent to an activating group) is 1. The van der Waals surface area contributed by atoms with Gasteiger partial charge in [0.05, 0.1) is 34.4 Å². The van der Waals surface area contributed by atoms with Crippen LogP contribution in [0.5, 0.6) is 0 Å². The highest BCUT2D eigenvalue weighted by Gasteiger charge is 2.26. The maximum Gasteiger partial charge on any atom is 0.472 e. The summed E-state index contributed by atoms with van der Waals surface area (Å²) in [6, 6.07) is 0. The molecular weight excluding hydrogens is 709 g/mol. The van der Waals surface area contributed by atoms with Crippen molar-refractivity contribution < 1.29 is 37.3 Å². The van der Waals surface area contributed by atoms with E-state index in [0.29, 0.717) is 24.1 Å². The number of carbonyl (C=O) groups excluding carboxylic acids is 1. The number of hydrogen-bond acceptors (Lipinski definition) is 6. The second-order valence-corrected chi connectivity index (χ2v) is 19.0. The Kier molecular flexibility index (Phi) is 39.9. The average Bonchev–Trinajstić information content (AvgIpc) is 3.13. The molecule has 0 aliphatic heterocycles. The highest BCUT2D eigenvalue weighted by molar-refractivity contribution is 7.47. The largest absolute Gasteiger partial charge is 0.472 e. The van der Waals surface area contributed by atoms with Crippen LogP contribution in [0, 0.1) is 0 Å². The third-order valence-corrected chi connectivity index (χ3v) is 11.7. The molecule has 0 amide bonds. The first-order chi connectivity index (χ1) is 26.6. The average molecular weight is 805 g/mol. The topological polar surface area (TPSA) is 91.3 Å². The van der Waals surface area contributed by atoms with Crippen LogP contribution >= 0.6 is 7.82 Å². The Balaban J connectivity index is 4.08. The predicted molar refractivity (Wildman–Crippen MR) is 234 cm³/mol. The summed E-state index contributed by atoms with van der Waals surface area (Å²) in [6.45, 7) is 5.68. The minimum Gasteiger partial charge on any atom is -0.457 e. The first-order valence-corrected chi connectivity index (χ1v) is 25.3. The van der Waals surface area contributed by atoms with E-state index in [9.17, 15) is 14.3 Å². The van der Waals surface area contributed by atoms with Gasteiger partial charge in [0.1, 0.15) is 19.3 Å². The Bertz CT molecular complexity index is 853. The number of unbranched alkanes of at least 4 members (excludes halogenated alkanes) is 31. The summed E-state index contributed by atoms with van der Waals surface area (Å²) in [4.78, 5) is 22.9. The molecule has 1 unspecified atom stereocenters. The molecular formula is C46H95NO7P+. The molecule has 0 aromatic carbocycles. The highest BCUT2D eigenvalue weighted by Crippen LogP contribution is 2.43. The zero-order chi connectivity index (χ0) is 40.6. The molecule has 0 saturated heterocycles. The molecule has 55 heavy (non-hydrogen) atoms. The van der Waals surface area contributed by atoms with E-state index in [1.165, 1.54) is 180 Å². The van der Waals surface area contributed by atoms with Crippen molar-refractivity contribution in [3.63, 3.8) is 0 Å². The number of esters is 1. The van der Waals surface area contributed by atoms with Crippen LogP contribution in [0.15, 0.2) is 0 Å². The number of nitrogens with zero attached hydrogens (tertiary/aromatic N) is 1. The van der Waals surface area contributed by atoms with Crippen LogP contribution in [0.2, 0.25) is 0 Å². The summed E-state index contributed by atoms with van der Waals surface area (Å²) in [7, 11) is 1.69.